The predicted molar refractivity (Wildman–Crippen MR) is 286 cm³/mol. The summed E-state index contributed by atoms with van der Waals surface area (Å²) in [5.41, 5.74) is -2.55. The largest absolute Gasteiger partial charge is 0.463 e. The lowest BCUT2D eigenvalue weighted by molar-refractivity contribution is -0.386. The van der Waals surface area contributed by atoms with Crippen molar-refractivity contribution in [3.8, 4) is 0 Å². The third-order valence-corrected chi connectivity index (χ3v) is 15.0. The highest BCUT2D eigenvalue weighted by Gasteiger charge is 2.72. The van der Waals surface area contributed by atoms with Crippen LogP contribution in [0.25, 0.3) is 0 Å². The zero-order valence-corrected chi connectivity index (χ0v) is 51.3. The number of fused-ring (bicyclic) bond motifs is 1. The molecule has 1 aromatic carbocycles. The van der Waals surface area contributed by atoms with E-state index in [1.165, 1.54) is 12.1 Å². The van der Waals surface area contributed by atoms with Gasteiger partial charge in [0.25, 0.3) is 0 Å². The molecular formula is C58H72O33. The van der Waals surface area contributed by atoms with Gasteiger partial charge in [0.05, 0.1) is 24.7 Å². The van der Waals surface area contributed by atoms with Crippen molar-refractivity contribution in [1.82, 2.24) is 0 Å². The molecule has 1 spiro atoms. The molecule has 7 rings (SSSR count). The zero-order valence-electron chi connectivity index (χ0n) is 51.3. The van der Waals surface area contributed by atoms with Crippen LogP contribution in [0.5, 0.6) is 0 Å². The second-order valence-corrected chi connectivity index (χ2v) is 22.2. The maximum absolute atomic E-state index is 15.1. The van der Waals surface area contributed by atoms with Gasteiger partial charge in [0.2, 0.25) is 17.9 Å². The van der Waals surface area contributed by atoms with E-state index in [4.69, 9.17) is 90.0 Å². The molecule has 21 atom stereocenters. The summed E-state index contributed by atoms with van der Waals surface area (Å²) in [4.78, 5) is 171. The number of carbonyl (C=O) groups is 13. The third-order valence-electron chi connectivity index (χ3n) is 15.0. The van der Waals surface area contributed by atoms with Crippen LogP contribution in [0.1, 0.15) is 106 Å². The summed E-state index contributed by atoms with van der Waals surface area (Å²) in [7, 11) is 0. The predicted octanol–water partition coefficient (Wildman–Crippen LogP) is -0.227. The Kier molecular flexibility index (Phi) is 23.4. The first-order chi connectivity index (χ1) is 42.8. The van der Waals surface area contributed by atoms with Crippen molar-refractivity contribution < 1.29 is 157 Å². The average Bonchev–Trinajstić information content (AvgIpc) is 1.56. The number of aliphatic hydroxyl groups is 1. The van der Waals surface area contributed by atoms with E-state index in [2.05, 4.69) is 0 Å². The van der Waals surface area contributed by atoms with Crippen molar-refractivity contribution >= 4 is 77.4 Å². The van der Waals surface area contributed by atoms with Crippen LogP contribution in [-0.4, -0.2) is 225 Å². The van der Waals surface area contributed by atoms with E-state index in [1.54, 1.807) is 25.1 Å². The van der Waals surface area contributed by atoms with Gasteiger partial charge in [-0.1, -0.05) is 25.1 Å². The topological polar surface area (TPSA) is 418 Å². The van der Waals surface area contributed by atoms with Gasteiger partial charge in [-0.05, 0) is 18.6 Å². The second-order valence-electron chi connectivity index (χ2n) is 22.2. The summed E-state index contributed by atoms with van der Waals surface area (Å²) < 4.78 is 111. The fourth-order valence-electron chi connectivity index (χ4n) is 11.4. The quantitative estimate of drug-likeness (QED) is 0.130. The van der Waals surface area contributed by atoms with Crippen molar-refractivity contribution in [2.45, 2.75) is 211 Å². The van der Waals surface area contributed by atoms with Gasteiger partial charge in [-0.15, -0.1) is 0 Å². The van der Waals surface area contributed by atoms with E-state index in [0.29, 0.717) is 0 Å². The Morgan fingerprint density at radius 1 is 0.495 bits per heavy atom. The normalized spacial score (nSPS) is 35.1. The summed E-state index contributed by atoms with van der Waals surface area (Å²) in [6.45, 7) is 8.64. The Morgan fingerprint density at radius 2 is 0.967 bits per heavy atom. The highest BCUT2D eigenvalue weighted by Crippen LogP contribution is 2.51. The molecule has 1 N–H and O–H groups in total. The summed E-state index contributed by atoms with van der Waals surface area (Å²) >= 11 is 0. The van der Waals surface area contributed by atoms with E-state index < -0.39 is 244 Å². The molecule has 33 heteroatoms. The molecule has 6 fully saturated rings. The summed E-state index contributed by atoms with van der Waals surface area (Å²) in [5, 5.41) is 12.5. The number of hydrogen-bond acceptors (Lipinski definition) is 33. The zero-order chi connectivity index (χ0) is 67.0. The number of esters is 12. The smallest absolute Gasteiger partial charge is 0.338 e. The molecular weight excluding hydrogens is 1220 g/mol. The second kappa shape index (κ2) is 30.1. The first kappa shape index (κ1) is 70.7. The molecule has 0 aromatic heterocycles. The number of ether oxygens (including phenoxy) is 19. The maximum atomic E-state index is 15.1. The van der Waals surface area contributed by atoms with E-state index in [-0.39, 0.29) is 12.2 Å². The van der Waals surface area contributed by atoms with Gasteiger partial charge in [0.15, 0.2) is 73.1 Å². The van der Waals surface area contributed by atoms with Crippen molar-refractivity contribution in [3.05, 3.63) is 35.9 Å². The standard InChI is InChI=1S/C58H72O33/c1-24-20-76-57(19-37(24)85-51(69)35-15-13-12-14-16-35)56(71)58(72)41(78-28(5)62)17-36(18-42(58)91-57)52(70)90-55-50(47(83-33(10)67)44(80-30(7)64)40(87-55)22-74-26(3)60)89-54-49(46(82-32(9)66)43(79-29(6)63)39(86-54)21-73-25(2)59)88-53-48(84-34(11)68)45(81-31(8)65)38(23-75-53)77-27(4)61/h12-16,24,36-50,53-55,72H,17-23H2,1-11H3/t24-,36+,37+,38+,39-,40-,41+,42-,43-,44-,45+,46+,47+,48-,49-,50-,53+,54+,55+,57+,58-/m1/s1. The van der Waals surface area contributed by atoms with Crippen LogP contribution in [0.15, 0.2) is 30.3 Å². The molecule has 502 valence electrons. The molecule has 1 aliphatic carbocycles. The van der Waals surface area contributed by atoms with Crippen LogP contribution < -0.4 is 0 Å². The molecule has 0 unspecified atom stereocenters. The SMILES string of the molecule is CC(=O)OC[C@H]1O[C@@H](OC(=O)[C@H]2C[C@H](OC(C)=O)[C@]3(O)C(=O)[C@]4(C[C@H](OC(=O)c5ccccc5)[C@H](C)CO4)O[C@@H]3C2)[C@H](O[C@@H]2O[C@H](COC(C)=O)[C@@H](OC(C)=O)[C@H](OC(C)=O)[C@H]2O[C@@H]2OC[C@H](OC(C)=O)[C@H](OC(C)=O)[C@H]2OC(C)=O)[C@@H](OC(C)=O)[C@@H]1OC(C)=O. The van der Waals surface area contributed by atoms with Crippen molar-refractivity contribution in [2.24, 2.45) is 11.8 Å². The van der Waals surface area contributed by atoms with Crippen LogP contribution >= 0.6 is 0 Å². The van der Waals surface area contributed by atoms with Crippen LogP contribution in [0, 0.1) is 11.8 Å². The molecule has 0 bridgehead atoms. The Hall–Kier alpha value is -7.79. The molecule has 0 radical (unpaired) electrons. The number of ketones is 1. The van der Waals surface area contributed by atoms with Crippen molar-refractivity contribution in [2.75, 3.05) is 26.4 Å². The fraction of sp³-hybridized carbons (Fsp3) is 0.672. The molecule has 5 heterocycles. The first-order valence-corrected chi connectivity index (χ1v) is 28.7. The van der Waals surface area contributed by atoms with E-state index >= 15 is 4.79 Å². The summed E-state index contributed by atoms with van der Waals surface area (Å²) in [6, 6.07) is 7.92. The van der Waals surface area contributed by atoms with Crippen LogP contribution in [0.3, 0.4) is 0 Å². The molecule has 91 heavy (non-hydrogen) atoms. The highest BCUT2D eigenvalue weighted by molar-refractivity contribution is 5.98. The van der Waals surface area contributed by atoms with Gasteiger partial charge in [0, 0.05) is 88.0 Å². The number of hydrogen-bond donors (Lipinski definition) is 1. The number of rotatable bonds is 20. The molecule has 5 aliphatic heterocycles. The van der Waals surface area contributed by atoms with Crippen LogP contribution in [0.2, 0.25) is 0 Å². The number of benzene rings is 1. The third kappa shape index (κ3) is 17.2. The van der Waals surface area contributed by atoms with Gasteiger partial charge >= 0.3 is 71.6 Å². The monoisotopic (exact) mass is 1300 g/mol. The lowest BCUT2D eigenvalue weighted by Gasteiger charge is -2.50. The molecule has 33 nitrogen and oxygen atoms in total. The average molecular weight is 1300 g/mol. The molecule has 1 saturated carbocycles. The minimum absolute atomic E-state index is 0.184. The summed E-state index contributed by atoms with van der Waals surface area (Å²) in [5.74, 6) is -17.9. The van der Waals surface area contributed by atoms with Gasteiger partial charge in [-0.25, -0.2) is 4.79 Å². The fourth-order valence-corrected chi connectivity index (χ4v) is 11.4. The van der Waals surface area contributed by atoms with E-state index in [9.17, 15) is 62.6 Å². The van der Waals surface area contributed by atoms with Gasteiger partial charge in [-0.2, -0.15) is 0 Å². The molecule has 6 aliphatic rings. The van der Waals surface area contributed by atoms with Gasteiger partial charge in [0.1, 0.15) is 43.7 Å². The number of carbonyl (C=O) groups excluding carboxylic acids is 13. The Labute approximate surface area is 518 Å². The summed E-state index contributed by atoms with van der Waals surface area (Å²) in [6.07, 6.45) is -34.1. The minimum Gasteiger partial charge on any atom is -0.463 e. The molecule has 0 amide bonds. The van der Waals surface area contributed by atoms with Crippen LogP contribution in [-0.2, 0) is 148 Å². The Balaban J connectivity index is 1.33. The minimum atomic E-state index is -2.73. The van der Waals surface area contributed by atoms with Gasteiger partial charge in [-0.3, -0.25) is 57.5 Å². The lowest BCUT2D eigenvalue weighted by atomic mass is 9.72. The first-order valence-electron chi connectivity index (χ1n) is 28.7. The van der Waals surface area contributed by atoms with E-state index in [1.807, 2.05) is 0 Å². The lowest BCUT2D eigenvalue weighted by Crippen LogP contribution is -2.68. The Bertz CT molecular complexity index is 2910. The number of Topliss-reactive ketones (excluding diaryl/α,β-unsaturated/α-hetero) is 1. The van der Waals surface area contributed by atoms with E-state index in [0.717, 1.165) is 69.2 Å². The maximum Gasteiger partial charge on any atom is 0.338 e. The van der Waals surface area contributed by atoms with Crippen molar-refractivity contribution in [3.63, 3.8) is 0 Å². The Morgan fingerprint density at radius 3 is 1.48 bits per heavy atom. The highest BCUT2D eigenvalue weighted by atomic mass is 16.8. The van der Waals surface area contributed by atoms with Crippen LogP contribution in [0.4, 0.5) is 0 Å². The molecule has 1 aromatic rings. The molecule has 5 saturated heterocycles. The van der Waals surface area contributed by atoms with Crippen molar-refractivity contribution in [1.29, 1.82) is 0 Å². The van der Waals surface area contributed by atoms with Gasteiger partial charge < -0.3 is 95.1 Å².